The van der Waals surface area contributed by atoms with Gasteiger partial charge in [-0.2, -0.15) is 8.78 Å². The Morgan fingerprint density at radius 2 is 2.12 bits per heavy atom. The van der Waals surface area contributed by atoms with Crippen molar-refractivity contribution in [1.29, 1.82) is 0 Å². The Balaban J connectivity index is 2.69. The van der Waals surface area contributed by atoms with E-state index in [1.165, 1.54) is 0 Å². The van der Waals surface area contributed by atoms with E-state index in [0.717, 1.165) is 0 Å². The van der Waals surface area contributed by atoms with Crippen LogP contribution in [-0.2, 0) is 9.47 Å². The van der Waals surface area contributed by atoms with Gasteiger partial charge in [0.15, 0.2) is 5.79 Å². The number of halogens is 2. The standard InChI is InChI=1S/C11H18F2O3/c1-4-10(5-2)15-7-8(16-10)9(14)11(12,13)6-3/h6,8-9,14H,3-5,7H2,1-2H3/t8-,9-/m1/s1. The van der Waals surface area contributed by atoms with Crippen molar-refractivity contribution < 1.29 is 23.4 Å². The molecule has 0 radical (unpaired) electrons. The van der Waals surface area contributed by atoms with Crippen molar-refractivity contribution in [2.75, 3.05) is 6.61 Å². The summed E-state index contributed by atoms with van der Waals surface area (Å²) in [4.78, 5) is 0. The van der Waals surface area contributed by atoms with Crippen LogP contribution in [0.3, 0.4) is 0 Å². The second-order valence-corrected chi connectivity index (χ2v) is 3.91. The highest BCUT2D eigenvalue weighted by Gasteiger charge is 2.48. The highest BCUT2D eigenvalue weighted by Crippen LogP contribution is 2.35. The fourth-order valence-corrected chi connectivity index (χ4v) is 1.72. The van der Waals surface area contributed by atoms with Crippen LogP contribution in [0.25, 0.3) is 0 Å². The minimum absolute atomic E-state index is 0.0216. The highest BCUT2D eigenvalue weighted by atomic mass is 19.3. The Morgan fingerprint density at radius 3 is 2.50 bits per heavy atom. The van der Waals surface area contributed by atoms with E-state index >= 15 is 0 Å². The Morgan fingerprint density at radius 1 is 1.56 bits per heavy atom. The number of aliphatic hydroxyl groups excluding tert-OH is 1. The van der Waals surface area contributed by atoms with E-state index in [4.69, 9.17) is 9.47 Å². The summed E-state index contributed by atoms with van der Waals surface area (Å²) in [7, 11) is 0. The van der Waals surface area contributed by atoms with Crippen molar-refractivity contribution in [3.05, 3.63) is 12.7 Å². The fraction of sp³-hybridized carbons (Fsp3) is 0.818. The number of rotatable bonds is 5. The van der Waals surface area contributed by atoms with E-state index in [-0.39, 0.29) is 6.61 Å². The van der Waals surface area contributed by atoms with Crippen LogP contribution >= 0.6 is 0 Å². The van der Waals surface area contributed by atoms with E-state index in [2.05, 4.69) is 6.58 Å². The molecule has 5 heteroatoms. The molecule has 0 aromatic rings. The van der Waals surface area contributed by atoms with Crippen LogP contribution in [0.15, 0.2) is 12.7 Å². The normalized spacial score (nSPS) is 26.7. The monoisotopic (exact) mass is 236 g/mol. The van der Waals surface area contributed by atoms with Crippen LogP contribution < -0.4 is 0 Å². The van der Waals surface area contributed by atoms with Crippen LogP contribution in [0.1, 0.15) is 26.7 Å². The molecule has 1 aliphatic rings. The minimum Gasteiger partial charge on any atom is -0.384 e. The summed E-state index contributed by atoms with van der Waals surface area (Å²) < 4.78 is 37.1. The van der Waals surface area contributed by atoms with Gasteiger partial charge in [-0.1, -0.05) is 20.4 Å². The smallest absolute Gasteiger partial charge is 0.294 e. The summed E-state index contributed by atoms with van der Waals surface area (Å²) in [6.45, 7) is 6.68. The van der Waals surface area contributed by atoms with Crippen LogP contribution in [0.4, 0.5) is 8.78 Å². The quantitative estimate of drug-likeness (QED) is 0.743. The number of ether oxygens (including phenoxy) is 2. The lowest BCUT2D eigenvalue weighted by Gasteiger charge is -2.27. The summed E-state index contributed by atoms with van der Waals surface area (Å²) in [6, 6.07) is 0. The van der Waals surface area contributed by atoms with Gasteiger partial charge in [-0.05, 0) is 18.9 Å². The summed E-state index contributed by atoms with van der Waals surface area (Å²) in [6.07, 6.45) is -1.37. The molecule has 94 valence electrons. The molecule has 0 amide bonds. The first-order chi connectivity index (χ1) is 7.40. The molecule has 0 bridgehead atoms. The number of hydrogen-bond donors (Lipinski definition) is 1. The predicted molar refractivity (Wildman–Crippen MR) is 55.3 cm³/mol. The van der Waals surface area contributed by atoms with E-state index < -0.39 is 23.9 Å². The van der Waals surface area contributed by atoms with Gasteiger partial charge in [-0.3, -0.25) is 0 Å². The largest absolute Gasteiger partial charge is 0.384 e. The van der Waals surface area contributed by atoms with Crippen LogP contribution in [-0.4, -0.2) is 35.6 Å². The first-order valence-corrected chi connectivity index (χ1v) is 5.42. The lowest BCUT2D eigenvalue weighted by molar-refractivity contribution is -0.198. The van der Waals surface area contributed by atoms with Gasteiger partial charge in [0.2, 0.25) is 0 Å². The van der Waals surface area contributed by atoms with E-state index in [1.54, 1.807) is 0 Å². The van der Waals surface area contributed by atoms with E-state index in [9.17, 15) is 13.9 Å². The molecule has 1 rings (SSSR count). The van der Waals surface area contributed by atoms with Gasteiger partial charge < -0.3 is 14.6 Å². The number of alkyl halides is 2. The number of aliphatic hydroxyl groups is 1. The third kappa shape index (κ3) is 2.42. The third-order valence-electron chi connectivity index (χ3n) is 2.97. The molecule has 1 N–H and O–H groups in total. The first-order valence-electron chi connectivity index (χ1n) is 5.42. The van der Waals surface area contributed by atoms with Gasteiger partial charge in [0, 0.05) is 0 Å². The van der Waals surface area contributed by atoms with Crippen LogP contribution in [0.5, 0.6) is 0 Å². The Bertz CT molecular complexity index is 252. The SMILES string of the molecule is C=CC(F)(F)[C@H](O)[C@H]1COC(CC)(CC)O1. The third-order valence-corrected chi connectivity index (χ3v) is 2.97. The zero-order valence-electron chi connectivity index (χ0n) is 9.58. The lowest BCUT2D eigenvalue weighted by Crippen LogP contribution is -2.43. The van der Waals surface area contributed by atoms with Crippen LogP contribution in [0, 0.1) is 0 Å². The second-order valence-electron chi connectivity index (χ2n) is 3.91. The molecule has 0 spiro atoms. The Labute approximate surface area is 94.0 Å². The molecule has 3 nitrogen and oxygen atoms in total. The Hall–Kier alpha value is -0.520. The minimum atomic E-state index is -3.36. The second kappa shape index (κ2) is 4.77. The van der Waals surface area contributed by atoms with E-state index in [1.807, 2.05) is 13.8 Å². The summed E-state index contributed by atoms with van der Waals surface area (Å²) in [5.74, 6) is -4.19. The van der Waals surface area contributed by atoms with Crippen molar-refractivity contribution in [1.82, 2.24) is 0 Å². The molecule has 0 saturated carbocycles. The maximum absolute atomic E-state index is 13.2. The van der Waals surface area contributed by atoms with Gasteiger partial charge in [0.05, 0.1) is 6.61 Å². The van der Waals surface area contributed by atoms with Crippen LogP contribution in [0.2, 0.25) is 0 Å². The highest BCUT2D eigenvalue weighted by molar-refractivity contribution is 4.98. The van der Waals surface area contributed by atoms with Gasteiger partial charge >= 0.3 is 0 Å². The van der Waals surface area contributed by atoms with Gasteiger partial charge in [0.25, 0.3) is 5.92 Å². The summed E-state index contributed by atoms with van der Waals surface area (Å²) >= 11 is 0. The molecule has 0 aromatic carbocycles. The zero-order chi connectivity index (χ0) is 12.4. The zero-order valence-corrected chi connectivity index (χ0v) is 9.58. The average Bonchev–Trinajstić information content (AvgIpc) is 2.73. The summed E-state index contributed by atoms with van der Waals surface area (Å²) in [5, 5.41) is 9.47. The fourth-order valence-electron chi connectivity index (χ4n) is 1.72. The first kappa shape index (κ1) is 13.5. The molecule has 1 heterocycles. The molecular formula is C11H18F2O3. The average molecular weight is 236 g/mol. The predicted octanol–water partition coefficient (Wildman–Crippen LogP) is 2.10. The summed E-state index contributed by atoms with van der Waals surface area (Å²) in [5.41, 5.74) is 0. The molecule has 2 atom stereocenters. The molecule has 0 aromatic heterocycles. The molecule has 1 fully saturated rings. The van der Waals surface area contributed by atoms with Crippen molar-refractivity contribution >= 4 is 0 Å². The molecule has 1 aliphatic heterocycles. The molecule has 1 saturated heterocycles. The van der Waals surface area contributed by atoms with Gasteiger partial charge in [-0.15, -0.1) is 0 Å². The topological polar surface area (TPSA) is 38.7 Å². The Kier molecular flexibility index (Phi) is 4.04. The number of hydrogen-bond acceptors (Lipinski definition) is 3. The molecule has 0 unspecified atom stereocenters. The maximum atomic E-state index is 13.2. The van der Waals surface area contributed by atoms with E-state index in [0.29, 0.717) is 18.9 Å². The van der Waals surface area contributed by atoms with Crippen molar-refractivity contribution in [3.8, 4) is 0 Å². The van der Waals surface area contributed by atoms with Crippen molar-refractivity contribution in [2.45, 2.75) is 50.6 Å². The molecular weight excluding hydrogens is 218 g/mol. The lowest BCUT2D eigenvalue weighted by atomic mass is 10.1. The van der Waals surface area contributed by atoms with Crippen molar-refractivity contribution in [3.63, 3.8) is 0 Å². The maximum Gasteiger partial charge on any atom is 0.294 e. The van der Waals surface area contributed by atoms with Gasteiger partial charge in [0.1, 0.15) is 12.2 Å². The van der Waals surface area contributed by atoms with Gasteiger partial charge in [-0.25, -0.2) is 0 Å². The van der Waals surface area contributed by atoms with Crippen molar-refractivity contribution in [2.24, 2.45) is 0 Å². The molecule has 16 heavy (non-hydrogen) atoms. The molecule has 0 aliphatic carbocycles.